The number of carbonyl (C=O) groups excluding carboxylic acids is 2. The van der Waals surface area contributed by atoms with Crippen LogP contribution in [0.2, 0.25) is 0 Å². The van der Waals surface area contributed by atoms with E-state index in [2.05, 4.69) is 24.5 Å². The SMILES string of the molecule is CC(C)CCOc1ccccc1C(=O)Nc1ccccc1C(=O)NC(C)c1ccccc1. The predicted molar refractivity (Wildman–Crippen MR) is 128 cm³/mol. The maximum Gasteiger partial charge on any atom is 0.259 e. The summed E-state index contributed by atoms with van der Waals surface area (Å²) in [5, 5.41) is 5.88. The summed E-state index contributed by atoms with van der Waals surface area (Å²) in [4.78, 5) is 26.0. The molecular weight excluding hydrogens is 400 g/mol. The standard InChI is InChI=1S/C27H30N2O3/c1-19(2)17-18-32-25-16-10-8-14-23(25)27(31)29-24-15-9-7-13-22(24)26(30)28-20(3)21-11-5-4-6-12-21/h4-16,19-20H,17-18H2,1-3H3,(H,28,30)(H,29,31). The Balaban J connectivity index is 1.74. The van der Waals surface area contributed by atoms with E-state index in [9.17, 15) is 9.59 Å². The molecule has 1 atom stereocenters. The van der Waals surface area contributed by atoms with E-state index < -0.39 is 0 Å². The van der Waals surface area contributed by atoms with E-state index >= 15 is 0 Å². The molecule has 0 aliphatic carbocycles. The van der Waals surface area contributed by atoms with Gasteiger partial charge in [0, 0.05) is 0 Å². The van der Waals surface area contributed by atoms with Crippen molar-refractivity contribution in [1.82, 2.24) is 5.32 Å². The molecule has 0 aliphatic heterocycles. The van der Waals surface area contributed by atoms with Crippen LogP contribution < -0.4 is 15.4 Å². The van der Waals surface area contributed by atoms with Gasteiger partial charge in [-0.05, 0) is 49.1 Å². The average Bonchev–Trinajstić information content (AvgIpc) is 2.80. The van der Waals surface area contributed by atoms with Crippen LogP contribution in [0.25, 0.3) is 0 Å². The molecule has 3 aromatic carbocycles. The number of benzene rings is 3. The third kappa shape index (κ3) is 6.20. The number of para-hydroxylation sites is 2. The zero-order valence-electron chi connectivity index (χ0n) is 18.8. The highest BCUT2D eigenvalue weighted by atomic mass is 16.5. The fourth-order valence-electron chi connectivity index (χ4n) is 3.26. The number of hydrogen-bond acceptors (Lipinski definition) is 3. The third-order valence-corrected chi connectivity index (χ3v) is 5.15. The maximum atomic E-state index is 13.0. The summed E-state index contributed by atoms with van der Waals surface area (Å²) in [5.41, 5.74) is 2.30. The highest BCUT2D eigenvalue weighted by Gasteiger charge is 2.18. The number of carbonyl (C=O) groups is 2. The van der Waals surface area contributed by atoms with Crippen molar-refractivity contribution >= 4 is 17.5 Å². The number of rotatable bonds is 9. The Morgan fingerprint density at radius 1 is 0.781 bits per heavy atom. The van der Waals surface area contributed by atoms with Gasteiger partial charge >= 0.3 is 0 Å². The fourth-order valence-corrected chi connectivity index (χ4v) is 3.26. The van der Waals surface area contributed by atoms with Gasteiger partial charge in [0.05, 0.1) is 29.5 Å². The van der Waals surface area contributed by atoms with Crippen LogP contribution >= 0.6 is 0 Å². The summed E-state index contributed by atoms with van der Waals surface area (Å²) in [6.07, 6.45) is 0.901. The van der Waals surface area contributed by atoms with E-state index in [0.29, 0.717) is 35.1 Å². The Bertz CT molecular complexity index is 1050. The topological polar surface area (TPSA) is 67.4 Å². The van der Waals surface area contributed by atoms with Crippen LogP contribution in [0.3, 0.4) is 0 Å². The molecule has 32 heavy (non-hydrogen) atoms. The maximum absolute atomic E-state index is 13.0. The smallest absolute Gasteiger partial charge is 0.259 e. The van der Waals surface area contributed by atoms with Crippen molar-refractivity contribution in [2.45, 2.75) is 33.2 Å². The van der Waals surface area contributed by atoms with E-state index in [-0.39, 0.29) is 17.9 Å². The molecule has 0 spiro atoms. The van der Waals surface area contributed by atoms with Gasteiger partial charge in [-0.15, -0.1) is 0 Å². The van der Waals surface area contributed by atoms with Crippen molar-refractivity contribution in [2.24, 2.45) is 5.92 Å². The molecular formula is C27H30N2O3. The van der Waals surface area contributed by atoms with Gasteiger partial charge in [-0.25, -0.2) is 0 Å². The largest absolute Gasteiger partial charge is 0.493 e. The zero-order chi connectivity index (χ0) is 22.9. The lowest BCUT2D eigenvalue weighted by Gasteiger charge is -2.17. The first kappa shape index (κ1) is 23.1. The Kier molecular flexibility index (Phi) is 8.03. The molecule has 2 N–H and O–H groups in total. The van der Waals surface area contributed by atoms with E-state index in [4.69, 9.17) is 4.74 Å². The molecule has 5 nitrogen and oxygen atoms in total. The Labute approximate surface area is 189 Å². The van der Waals surface area contributed by atoms with Crippen molar-refractivity contribution in [3.63, 3.8) is 0 Å². The minimum absolute atomic E-state index is 0.164. The zero-order valence-corrected chi connectivity index (χ0v) is 18.8. The van der Waals surface area contributed by atoms with E-state index in [1.165, 1.54) is 0 Å². The number of hydrogen-bond donors (Lipinski definition) is 2. The van der Waals surface area contributed by atoms with Crippen LogP contribution in [0.4, 0.5) is 5.69 Å². The summed E-state index contributed by atoms with van der Waals surface area (Å²) in [7, 11) is 0. The second-order valence-corrected chi connectivity index (χ2v) is 8.13. The monoisotopic (exact) mass is 430 g/mol. The average molecular weight is 431 g/mol. The lowest BCUT2D eigenvalue weighted by molar-refractivity contribution is 0.0940. The van der Waals surface area contributed by atoms with Crippen molar-refractivity contribution in [1.29, 1.82) is 0 Å². The van der Waals surface area contributed by atoms with Gasteiger partial charge in [0.2, 0.25) is 0 Å². The molecule has 0 radical (unpaired) electrons. The van der Waals surface area contributed by atoms with Gasteiger partial charge in [0.1, 0.15) is 5.75 Å². The van der Waals surface area contributed by atoms with E-state index in [1.807, 2.05) is 43.3 Å². The van der Waals surface area contributed by atoms with Crippen LogP contribution in [0.15, 0.2) is 78.9 Å². The lowest BCUT2D eigenvalue weighted by Crippen LogP contribution is -2.28. The molecule has 0 fully saturated rings. The summed E-state index contributed by atoms with van der Waals surface area (Å²) in [6, 6.07) is 23.7. The van der Waals surface area contributed by atoms with Crippen LogP contribution in [0.1, 0.15) is 59.5 Å². The number of ether oxygens (including phenoxy) is 1. The fraction of sp³-hybridized carbons (Fsp3) is 0.259. The molecule has 1 unspecified atom stereocenters. The third-order valence-electron chi connectivity index (χ3n) is 5.15. The number of anilines is 1. The normalized spacial score (nSPS) is 11.6. The lowest BCUT2D eigenvalue weighted by atomic mass is 10.1. The molecule has 0 heterocycles. The van der Waals surface area contributed by atoms with Crippen molar-refractivity contribution < 1.29 is 14.3 Å². The van der Waals surface area contributed by atoms with Gasteiger partial charge in [-0.2, -0.15) is 0 Å². The van der Waals surface area contributed by atoms with Crippen molar-refractivity contribution in [2.75, 3.05) is 11.9 Å². The molecule has 2 amide bonds. The molecule has 5 heteroatoms. The summed E-state index contributed by atoms with van der Waals surface area (Å²) < 4.78 is 5.85. The minimum atomic E-state index is -0.318. The molecule has 0 saturated carbocycles. The second kappa shape index (κ2) is 11.1. The summed E-state index contributed by atoms with van der Waals surface area (Å²) in [6.45, 7) is 6.72. The molecule has 166 valence electrons. The minimum Gasteiger partial charge on any atom is -0.493 e. The first-order valence-corrected chi connectivity index (χ1v) is 10.9. The molecule has 0 bridgehead atoms. The van der Waals surface area contributed by atoms with Crippen LogP contribution in [0.5, 0.6) is 5.75 Å². The molecule has 3 rings (SSSR count). The first-order chi connectivity index (χ1) is 15.5. The van der Waals surface area contributed by atoms with Crippen molar-refractivity contribution in [3.8, 4) is 5.75 Å². The first-order valence-electron chi connectivity index (χ1n) is 10.9. The highest BCUT2D eigenvalue weighted by Crippen LogP contribution is 2.23. The second-order valence-electron chi connectivity index (χ2n) is 8.13. The molecule has 3 aromatic rings. The van der Waals surface area contributed by atoms with E-state index in [0.717, 1.165) is 12.0 Å². The van der Waals surface area contributed by atoms with Gasteiger partial charge in [0.25, 0.3) is 11.8 Å². The van der Waals surface area contributed by atoms with Crippen molar-refractivity contribution in [3.05, 3.63) is 95.6 Å². The highest BCUT2D eigenvalue weighted by molar-refractivity contribution is 6.10. The van der Waals surface area contributed by atoms with Crippen LogP contribution in [0, 0.1) is 5.92 Å². The number of nitrogens with one attached hydrogen (secondary N) is 2. The van der Waals surface area contributed by atoms with Gasteiger partial charge in [0.15, 0.2) is 0 Å². The van der Waals surface area contributed by atoms with Gasteiger partial charge in [-0.3, -0.25) is 9.59 Å². The quantitative estimate of drug-likeness (QED) is 0.447. The molecule has 0 aromatic heterocycles. The Morgan fingerprint density at radius 3 is 2.12 bits per heavy atom. The van der Waals surface area contributed by atoms with E-state index in [1.54, 1.807) is 42.5 Å². The van der Waals surface area contributed by atoms with Gasteiger partial charge in [-0.1, -0.05) is 68.4 Å². The van der Waals surface area contributed by atoms with Crippen LogP contribution in [-0.4, -0.2) is 18.4 Å². The van der Waals surface area contributed by atoms with Crippen LogP contribution in [-0.2, 0) is 0 Å². The summed E-state index contributed by atoms with van der Waals surface area (Å²) in [5.74, 6) is 0.477. The Hall–Kier alpha value is -3.60. The molecule has 0 saturated heterocycles. The predicted octanol–water partition coefficient (Wildman–Crippen LogP) is 5.85. The molecule has 0 aliphatic rings. The Morgan fingerprint density at radius 2 is 1.41 bits per heavy atom. The summed E-state index contributed by atoms with van der Waals surface area (Å²) >= 11 is 0. The number of amides is 2. The van der Waals surface area contributed by atoms with Gasteiger partial charge < -0.3 is 15.4 Å².